The summed E-state index contributed by atoms with van der Waals surface area (Å²) in [5, 5.41) is 28.9. The topological polar surface area (TPSA) is 209 Å². The highest BCUT2D eigenvalue weighted by Crippen LogP contribution is 2.09. The number of amides is 3. The van der Waals surface area contributed by atoms with E-state index in [1.165, 1.54) is 0 Å². The molecule has 0 aromatic carbocycles. The van der Waals surface area contributed by atoms with Crippen molar-refractivity contribution in [2.45, 2.75) is 75.5 Å². The van der Waals surface area contributed by atoms with Gasteiger partial charge in [-0.2, -0.15) is 0 Å². The lowest BCUT2D eigenvalue weighted by Crippen LogP contribution is -2.57. The zero-order valence-electron chi connectivity index (χ0n) is 18.5. The van der Waals surface area contributed by atoms with Crippen LogP contribution < -0.4 is 32.7 Å². The number of hydrogen-bond donors (Lipinski definition) is 8. The van der Waals surface area contributed by atoms with Crippen LogP contribution in [-0.2, 0) is 19.2 Å². The number of carboxylic acid groups (broad SMARTS) is 1. The Morgan fingerprint density at radius 2 is 1.41 bits per heavy atom. The van der Waals surface area contributed by atoms with Crippen LogP contribution in [0.5, 0.6) is 0 Å². The van der Waals surface area contributed by atoms with E-state index in [-0.39, 0.29) is 18.4 Å². The number of rotatable bonds is 16. The number of carbonyl (C=O) groups is 4. The second-order valence-electron chi connectivity index (χ2n) is 7.92. The normalized spacial score (nSPS) is 18.4. The van der Waals surface area contributed by atoms with E-state index < -0.39 is 42.5 Å². The lowest BCUT2D eigenvalue weighted by molar-refractivity contribution is -0.143. The molecule has 4 unspecified atom stereocenters. The highest BCUT2D eigenvalue weighted by Gasteiger charge is 2.31. The molecule has 0 spiro atoms. The van der Waals surface area contributed by atoms with Gasteiger partial charge in [0.25, 0.3) is 0 Å². The van der Waals surface area contributed by atoms with Gasteiger partial charge in [-0.05, 0) is 71.0 Å². The van der Waals surface area contributed by atoms with Crippen LogP contribution >= 0.6 is 0 Å². The summed E-state index contributed by atoms with van der Waals surface area (Å²) in [6.45, 7) is 0.814. The molecule has 1 saturated heterocycles. The average molecular weight is 459 g/mol. The number of aliphatic hydroxyl groups is 1. The monoisotopic (exact) mass is 458 g/mol. The first-order valence-electron chi connectivity index (χ1n) is 11.2. The Bertz CT molecular complexity index is 613. The van der Waals surface area contributed by atoms with E-state index in [0.29, 0.717) is 51.6 Å². The third-order valence-corrected chi connectivity index (χ3v) is 5.33. The largest absolute Gasteiger partial charge is 0.480 e. The molecule has 1 aliphatic rings. The third-order valence-electron chi connectivity index (χ3n) is 5.33. The maximum Gasteiger partial charge on any atom is 0.328 e. The summed E-state index contributed by atoms with van der Waals surface area (Å²) < 4.78 is 0. The number of unbranched alkanes of at least 4 members (excludes halogenated alkanes) is 2. The molecule has 1 aliphatic heterocycles. The summed E-state index contributed by atoms with van der Waals surface area (Å²) in [6, 6.07) is -3.72. The number of carbonyl (C=O) groups excluding carboxylic acids is 3. The van der Waals surface area contributed by atoms with E-state index in [1.807, 2.05) is 0 Å². The molecule has 4 atom stereocenters. The highest BCUT2D eigenvalue weighted by molar-refractivity contribution is 5.94. The molecule has 184 valence electrons. The first-order valence-corrected chi connectivity index (χ1v) is 11.2. The van der Waals surface area contributed by atoms with Crippen LogP contribution in [0, 0.1) is 0 Å². The van der Waals surface area contributed by atoms with Gasteiger partial charge in [0, 0.05) is 0 Å². The third kappa shape index (κ3) is 9.90. The first kappa shape index (κ1) is 27.8. The summed E-state index contributed by atoms with van der Waals surface area (Å²) in [5.41, 5.74) is 11.0. The summed E-state index contributed by atoms with van der Waals surface area (Å²) in [6.07, 6.45) is 4.59. The van der Waals surface area contributed by atoms with E-state index >= 15 is 0 Å². The summed E-state index contributed by atoms with van der Waals surface area (Å²) in [4.78, 5) is 49.2. The lowest BCUT2D eigenvalue weighted by Gasteiger charge is -2.25. The second-order valence-corrected chi connectivity index (χ2v) is 7.92. The number of nitrogens with two attached hydrogens (primary N) is 2. The zero-order valence-corrected chi connectivity index (χ0v) is 18.5. The number of nitrogens with one attached hydrogen (secondary N) is 4. The minimum Gasteiger partial charge on any atom is -0.480 e. The van der Waals surface area contributed by atoms with Gasteiger partial charge in [-0.1, -0.05) is 0 Å². The molecule has 3 amide bonds. The summed E-state index contributed by atoms with van der Waals surface area (Å²) in [7, 11) is 0. The van der Waals surface area contributed by atoms with Gasteiger partial charge in [0.05, 0.1) is 12.6 Å². The van der Waals surface area contributed by atoms with Crippen molar-refractivity contribution in [3.05, 3.63) is 0 Å². The molecule has 10 N–H and O–H groups in total. The van der Waals surface area contributed by atoms with E-state index in [0.717, 1.165) is 13.0 Å². The molecular weight excluding hydrogens is 420 g/mol. The smallest absolute Gasteiger partial charge is 0.328 e. The maximum atomic E-state index is 13.0. The highest BCUT2D eigenvalue weighted by atomic mass is 16.4. The summed E-state index contributed by atoms with van der Waals surface area (Å²) >= 11 is 0. The van der Waals surface area contributed by atoms with E-state index in [4.69, 9.17) is 16.6 Å². The lowest BCUT2D eigenvalue weighted by atomic mass is 10.0. The van der Waals surface area contributed by atoms with Crippen LogP contribution in [0.15, 0.2) is 0 Å². The molecule has 1 fully saturated rings. The molecule has 32 heavy (non-hydrogen) atoms. The average Bonchev–Trinajstić information content (AvgIpc) is 3.30. The standard InChI is InChI=1S/C20H38N6O6/c21-9-3-1-6-14(24-17(28)13-8-5-11-23-13)18(29)25-15(7-2-4-10-22)19(30)26-16(12-27)20(31)32/h13-16,23,27H,1-12,21-22H2,(H,24,28)(H,25,29)(H,26,30)(H,31,32). The van der Waals surface area contributed by atoms with Gasteiger partial charge in [-0.25, -0.2) is 4.79 Å². The molecule has 12 nitrogen and oxygen atoms in total. The molecule has 12 heteroatoms. The first-order chi connectivity index (χ1) is 15.3. The van der Waals surface area contributed by atoms with Gasteiger partial charge in [-0.3, -0.25) is 14.4 Å². The minimum atomic E-state index is -1.48. The van der Waals surface area contributed by atoms with E-state index in [1.54, 1.807) is 0 Å². The van der Waals surface area contributed by atoms with E-state index in [2.05, 4.69) is 21.3 Å². The van der Waals surface area contributed by atoms with Crippen molar-refractivity contribution >= 4 is 23.7 Å². The quantitative estimate of drug-likeness (QED) is 0.115. The molecule has 0 bridgehead atoms. The van der Waals surface area contributed by atoms with Gasteiger partial charge in [0.2, 0.25) is 17.7 Å². The van der Waals surface area contributed by atoms with Crippen molar-refractivity contribution in [1.29, 1.82) is 0 Å². The SMILES string of the molecule is NCCCCC(NC(=O)C(CCCCN)NC(=O)C1CCCN1)C(=O)NC(CO)C(=O)O. The molecule has 0 aromatic rings. The Hall–Kier alpha value is -2.28. The predicted molar refractivity (Wildman–Crippen MR) is 117 cm³/mol. The molecule has 0 saturated carbocycles. The molecule has 0 radical (unpaired) electrons. The van der Waals surface area contributed by atoms with Crippen LogP contribution in [0.3, 0.4) is 0 Å². The maximum absolute atomic E-state index is 13.0. The van der Waals surface area contributed by atoms with Crippen LogP contribution in [-0.4, -0.2) is 84.3 Å². The van der Waals surface area contributed by atoms with Gasteiger partial charge >= 0.3 is 5.97 Å². The fourth-order valence-corrected chi connectivity index (χ4v) is 3.43. The number of hydrogen-bond acceptors (Lipinski definition) is 8. The minimum absolute atomic E-state index is 0.236. The van der Waals surface area contributed by atoms with Gasteiger partial charge in [0.15, 0.2) is 0 Å². The molecular formula is C20H38N6O6. The Morgan fingerprint density at radius 1 is 0.875 bits per heavy atom. The van der Waals surface area contributed by atoms with Gasteiger partial charge < -0.3 is 42.9 Å². The molecule has 1 rings (SSSR count). The number of aliphatic hydroxyl groups excluding tert-OH is 1. The van der Waals surface area contributed by atoms with Gasteiger partial charge in [0.1, 0.15) is 18.1 Å². The fourth-order valence-electron chi connectivity index (χ4n) is 3.43. The summed E-state index contributed by atoms with van der Waals surface area (Å²) in [5.74, 6) is -2.91. The molecule has 1 heterocycles. The fraction of sp³-hybridized carbons (Fsp3) is 0.800. The van der Waals surface area contributed by atoms with Gasteiger partial charge in [-0.15, -0.1) is 0 Å². The van der Waals surface area contributed by atoms with Crippen LogP contribution in [0.4, 0.5) is 0 Å². The van der Waals surface area contributed by atoms with Crippen molar-refractivity contribution in [2.75, 3.05) is 26.2 Å². The van der Waals surface area contributed by atoms with Crippen molar-refractivity contribution < 1.29 is 29.4 Å². The van der Waals surface area contributed by atoms with Crippen LogP contribution in [0.25, 0.3) is 0 Å². The number of carboxylic acids is 1. The van der Waals surface area contributed by atoms with Crippen molar-refractivity contribution in [3.8, 4) is 0 Å². The second kappa shape index (κ2) is 15.5. The Balaban J connectivity index is 2.86. The number of aliphatic carboxylic acids is 1. The van der Waals surface area contributed by atoms with Crippen LogP contribution in [0.1, 0.15) is 51.4 Å². The van der Waals surface area contributed by atoms with Crippen molar-refractivity contribution in [2.24, 2.45) is 11.5 Å². The molecule has 0 aromatic heterocycles. The Labute approximate surface area is 188 Å². The van der Waals surface area contributed by atoms with Crippen LogP contribution in [0.2, 0.25) is 0 Å². The molecule has 0 aliphatic carbocycles. The Kier molecular flexibility index (Phi) is 13.5. The predicted octanol–water partition coefficient (Wildman–Crippen LogP) is -2.47. The van der Waals surface area contributed by atoms with Crippen molar-refractivity contribution in [1.82, 2.24) is 21.3 Å². The Morgan fingerprint density at radius 3 is 1.84 bits per heavy atom. The van der Waals surface area contributed by atoms with Crippen molar-refractivity contribution in [3.63, 3.8) is 0 Å². The zero-order chi connectivity index (χ0) is 23.9. The van der Waals surface area contributed by atoms with E-state index in [9.17, 15) is 24.3 Å².